The molecule has 0 saturated heterocycles. The van der Waals surface area contributed by atoms with Crippen LogP contribution < -0.4 is 9.80 Å². The van der Waals surface area contributed by atoms with Crippen molar-refractivity contribution < 1.29 is 23.1 Å². The molecule has 5 nitrogen and oxygen atoms in total. The van der Waals surface area contributed by atoms with Gasteiger partial charge < -0.3 is 14.5 Å². The Labute approximate surface area is 197 Å². The highest BCUT2D eigenvalue weighted by Gasteiger charge is 2.13. The molecule has 0 aliphatic heterocycles. The first-order valence-corrected chi connectivity index (χ1v) is 10.7. The third kappa shape index (κ3) is 6.07. The normalized spacial score (nSPS) is 10.9. The molecule has 0 spiro atoms. The summed E-state index contributed by atoms with van der Waals surface area (Å²) in [5.41, 5.74) is 3.54. The molecular weight excluding hydrogens is 438 g/mol. The minimum atomic E-state index is -0.596. The molecule has 0 atom stereocenters. The van der Waals surface area contributed by atoms with E-state index in [0.717, 1.165) is 23.9 Å². The Morgan fingerprint density at radius 1 is 0.971 bits per heavy atom. The summed E-state index contributed by atoms with van der Waals surface area (Å²) >= 11 is 0. The predicted molar refractivity (Wildman–Crippen MR) is 130 cm³/mol. The van der Waals surface area contributed by atoms with Gasteiger partial charge in [0.15, 0.2) is 0 Å². The monoisotopic (exact) mass is 464 g/mol. The number of carbonyl (C=O) groups is 2. The van der Waals surface area contributed by atoms with Crippen LogP contribution in [0, 0.1) is 11.6 Å². The molecule has 0 fully saturated rings. The van der Waals surface area contributed by atoms with Gasteiger partial charge in [0.1, 0.15) is 11.6 Å². The fourth-order valence-corrected chi connectivity index (χ4v) is 3.41. The second-order valence-corrected chi connectivity index (χ2v) is 7.70. The fourth-order valence-electron chi connectivity index (χ4n) is 3.41. The second kappa shape index (κ2) is 11.2. The largest absolute Gasteiger partial charge is 0.466 e. The number of hydrogen-bond acceptors (Lipinski definition) is 4. The number of benzene rings is 3. The van der Waals surface area contributed by atoms with E-state index in [4.69, 9.17) is 0 Å². The first-order chi connectivity index (χ1) is 16.3. The lowest BCUT2D eigenvalue weighted by molar-refractivity contribution is -0.134. The summed E-state index contributed by atoms with van der Waals surface area (Å²) < 4.78 is 33.6. The standard InChI is InChI=1S/C27H26F2N2O3/c1-4-30(2)24-10-8-20(9-11-24)21-6-7-22(26(29)15-21)17-31(18-32)25-14-19(13-23(28)16-25)5-12-27(33)34-3/h5-16,18H,4,17H2,1-3H3/b12-5+. The van der Waals surface area contributed by atoms with E-state index in [-0.39, 0.29) is 17.8 Å². The Kier molecular flexibility index (Phi) is 8.14. The zero-order valence-electron chi connectivity index (χ0n) is 19.3. The van der Waals surface area contributed by atoms with E-state index in [1.807, 2.05) is 31.3 Å². The van der Waals surface area contributed by atoms with Gasteiger partial charge in [0, 0.05) is 36.6 Å². The van der Waals surface area contributed by atoms with Crippen molar-refractivity contribution in [1.82, 2.24) is 0 Å². The topological polar surface area (TPSA) is 49.9 Å². The van der Waals surface area contributed by atoms with Gasteiger partial charge in [-0.25, -0.2) is 13.6 Å². The summed E-state index contributed by atoms with van der Waals surface area (Å²) in [6.07, 6.45) is 3.04. The maximum absolute atomic E-state index is 14.9. The van der Waals surface area contributed by atoms with Crippen LogP contribution in [0.2, 0.25) is 0 Å². The van der Waals surface area contributed by atoms with Crippen molar-refractivity contribution in [2.45, 2.75) is 13.5 Å². The molecule has 0 aliphatic carbocycles. The first-order valence-electron chi connectivity index (χ1n) is 10.7. The average Bonchev–Trinajstić information content (AvgIpc) is 2.85. The molecule has 3 aromatic rings. The summed E-state index contributed by atoms with van der Waals surface area (Å²) in [4.78, 5) is 26.3. The van der Waals surface area contributed by atoms with Crippen LogP contribution in [0.1, 0.15) is 18.1 Å². The molecule has 3 aromatic carbocycles. The summed E-state index contributed by atoms with van der Waals surface area (Å²) in [6.45, 7) is 2.86. The second-order valence-electron chi connectivity index (χ2n) is 7.70. The molecule has 7 heteroatoms. The average molecular weight is 465 g/mol. The third-order valence-corrected chi connectivity index (χ3v) is 5.49. The van der Waals surface area contributed by atoms with Crippen molar-refractivity contribution in [2.24, 2.45) is 0 Å². The van der Waals surface area contributed by atoms with E-state index in [2.05, 4.69) is 16.6 Å². The number of hydrogen-bond donors (Lipinski definition) is 0. The van der Waals surface area contributed by atoms with E-state index >= 15 is 0 Å². The van der Waals surface area contributed by atoms with Crippen LogP contribution in [0.3, 0.4) is 0 Å². The third-order valence-electron chi connectivity index (χ3n) is 5.49. The van der Waals surface area contributed by atoms with Crippen LogP contribution in [0.25, 0.3) is 17.2 Å². The zero-order valence-corrected chi connectivity index (χ0v) is 19.3. The maximum atomic E-state index is 14.9. The van der Waals surface area contributed by atoms with E-state index in [1.165, 1.54) is 42.4 Å². The lowest BCUT2D eigenvalue weighted by atomic mass is 10.0. The van der Waals surface area contributed by atoms with Gasteiger partial charge in [-0.2, -0.15) is 0 Å². The summed E-state index contributed by atoms with van der Waals surface area (Å²) in [5.74, 6) is -1.66. The predicted octanol–water partition coefficient (Wildman–Crippen LogP) is 5.44. The Morgan fingerprint density at radius 2 is 1.68 bits per heavy atom. The van der Waals surface area contributed by atoms with E-state index in [0.29, 0.717) is 17.5 Å². The van der Waals surface area contributed by atoms with Crippen molar-refractivity contribution in [3.8, 4) is 11.1 Å². The summed E-state index contributed by atoms with van der Waals surface area (Å²) in [6, 6.07) is 16.6. The number of amides is 1. The number of ether oxygens (including phenoxy) is 1. The number of rotatable bonds is 9. The number of halogens is 2. The Hall–Kier alpha value is -4.00. The van der Waals surface area contributed by atoms with Crippen molar-refractivity contribution >= 4 is 29.8 Å². The van der Waals surface area contributed by atoms with Crippen LogP contribution in [0.15, 0.2) is 66.7 Å². The fraction of sp³-hybridized carbons (Fsp3) is 0.185. The van der Waals surface area contributed by atoms with E-state index in [9.17, 15) is 18.4 Å². The van der Waals surface area contributed by atoms with Crippen molar-refractivity contribution in [3.63, 3.8) is 0 Å². The number of carbonyl (C=O) groups excluding carboxylic acids is 2. The van der Waals surface area contributed by atoms with Crippen LogP contribution >= 0.6 is 0 Å². The maximum Gasteiger partial charge on any atom is 0.330 e. The van der Waals surface area contributed by atoms with Gasteiger partial charge in [-0.1, -0.05) is 24.3 Å². The quantitative estimate of drug-likeness (QED) is 0.241. The summed E-state index contributed by atoms with van der Waals surface area (Å²) in [5, 5.41) is 0. The van der Waals surface area contributed by atoms with Crippen molar-refractivity contribution in [2.75, 3.05) is 30.5 Å². The van der Waals surface area contributed by atoms with Crippen LogP contribution in [0.5, 0.6) is 0 Å². The SMILES string of the molecule is CCN(C)c1ccc(-c2ccc(CN(C=O)c3cc(F)cc(/C=C/C(=O)OC)c3)c(F)c2)cc1. The van der Waals surface area contributed by atoms with Gasteiger partial charge in [0.2, 0.25) is 6.41 Å². The molecule has 176 valence electrons. The molecule has 0 saturated carbocycles. The van der Waals surface area contributed by atoms with Gasteiger partial charge in [-0.05, 0) is 66.1 Å². The number of methoxy groups -OCH3 is 1. The Morgan fingerprint density at radius 3 is 2.29 bits per heavy atom. The molecule has 0 bridgehead atoms. The lowest BCUT2D eigenvalue weighted by Crippen LogP contribution is -2.21. The molecule has 0 heterocycles. The van der Waals surface area contributed by atoms with Gasteiger partial charge in [0.25, 0.3) is 0 Å². The number of nitrogens with zero attached hydrogens (tertiary/aromatic N) is 2. The Balaban J connectivity index is 1.82. The molecule has 0 aromatic heterocycles. The van der Waals surface area contributed by atoms with Gasteiger partial charge in [-0.3, -0.25) is 4.79 Å². The first kappa shape index (κ1) is 24.6. The molecule has 0 N–H and O–H groups in total. The van der Waals surface area contributed by atoms with Gasteiger partial charge in [-0.15, -0.1) is 0 Å². The summed E-state index contributed by atoms with van der Waals surface area (Å²) in [7, 11) is 3.23. The Bertz CT molecular complexity index is 1190. The molecule has 1 amide bonds. The molecule has 0 unspecified atom stereocenters. The molecule has 0 radical (unpaired) electrons. The smallest absolute Gasteiger partial charge is 0.330 e. The van der Waals surface area contributed by atoms with E-state index < -0.39 is 17.6 Å². The molecule has 34 heavy (non-hydrogen) atoms. The van der Waals surface area contributed by atoms with Crippen LogP contribution in [-0.2, 0) is 20.9 Å². The highest BCUT2D eigenvalue weighted by molar-refractivity contribution is 5.87. The van der Waals surface area contributed by atoms with Crippen molar-refractivity contribution in [1.29, 1.82) is 0 Å². The van der Waals surface area contributed by atoms with Gasteiger partial charge in [0.05, 0.1) is 13.7 Å². The van der Waals surface area contributed by atoms with Gasteiger partial charge >= 0.3 is 5.97 Å². The highest BCUT2D eigenvalue weighted by atomic mass is 19.1. The number of esters is 1. The molecular formula is C27H26F2N2O3. The zero-order chi connectivity index (χ0) is 24.7. The molecule has 0 aliphatic rings. The van der Waals surface area contributed by atoms with Crippen LogP contribution in [0.4, 0.5) is 20.2 Å². The van der Waals surface area contributed by atoms with E-state index in [1.54, 1.807) is 12.1 Å². The molecule has 3 rings (SSSR count). The number of anilines is 2. The highest BCUT2D eigenvalue weighted by Crippen LogP contribution is 2.26. The van der Waals surface area contributed by atoms with Crippen molar-refractivity contribution in [3.05, 3.63) is 89.5 Å². The lowest BCUT2D eigenvalue weighted by Gasteiger charge is -2.19. The minimum absolute atomic E-state index is 0.0839. The van der Waals surface area contributed by atoms with Crippen LogP contribution in [-0.4, -0.2) is 33.1 Å². The minimum Gasteiger partial charge on any atom is -0.466 e.